The van der Waals surface area contributed by atoms with Gasteiger partial charge in [0.25, 0.3) is 0 Å². The average molecular weight is 404 g/mol. The van der Waals surface area contributed by atoms with Crippen LogP contribution in [0.3, 0.4) is 0 Å². The zero-order chi connectivity index (χ0) is 19.9. The van der Waals surface area contributed by atoms with Crippen LogP contribution in [-0.2, 0) is 16.1 Å². The monoisotopic (exact) mass is 403 g/mol. The highest BCUT2D eigenvalue weighted by molar-refractivity contribution is 7.19. The molecule has 7 nitrogen and oxygen atoms in total. The zero-order valence-corrected chi connectivity index (χ0v) is 16.6. The number of aromatic nitrogens is 1. The lowest BCUT2D eigenvalue weighted by Gasteiger charge is -2.22. The molecule has 8 heteroatoms. The molecule has 0 radical (unpaired) electrons. The van der Waals surface area contributed by atoms with Crippen LogP contribution < -0.4 is 10.6 Å². The minimum Gasteiger partial charge on any atom is -0.465 e. The molecule has 1 fully saturated rings. The van der Waals surface area contributed by atoms with Crippen LogP contribution in [0, 0.1) is 0 Å². The smallest absolute Gasteiger partial charge is 0.405 e. The summed E-state index contributed by atoms with van der Waals surface area (Å²) in [7, 11) is 0. The minimum absolute atomic E-state index is 0.335. The Kier molecular flexibility index (Phi) is 7.00. The molecule has 1 saturated carbocycles. The van der Waals surface area contributed by atoms with Crippen molar-refractivity contribution in [2.45, 2.75) is 57.8 Å². The average Bonchev–Trinajstić information content (AvgIpc) is 3.15. The van der Waals surface area contributed by atoms with Crippen LogP contribution in [0.1, 0.15) is 44.6 Å². The topological polar surface area (TPSA) is 101 Å². The minimum atomic E-state index is -1.24. The number of carbonyl (C=O) groups is 2. The van der Waals surface area contributed by atoms with Crippen molar-refractivity contribution < 1.29 is 19.4 Å². The number of amides is 2. The predicted octanol–water partition coefficient (Wildman–Crippen LogP) is 4.25. The summed E-state index contributed by atoms with van der Waals surface area (Å²) in [6.07, 6.45) is 6.83. The van der Waals surface area contributed by atoms with Gasteiger partial charge in [0.05, 0.1) is 17.6 Å². The predicted molar refractivity (Wildman–Crippen MR) is 108 cm³/mol. The summed E-state index contributed by atoms with van der Waals surface area (Å²) < 4.78 is 6.12. The second-order valence-electron chi connectivity index (χ2n) is 6.92. The van der Waals surface area contributed by atoms with E-state index in [-0.39, 0.29) is 0 Å². The van der Waals surface area contributed by atoms with Crippen LogP contribution in [-0.4, -0.2) is 34.2 Å². The van der Waals surface area contributed by atoms with E-state index in [1.807, 2.05) is 18.2 Å². The van der Waals surface area contributed by atoms with E-state index in [2.05, 4.69) is 21.7 Å². The Labute approximate surface area is 168 Å². The lowest BCUT2D eigenvalue weighted by atomic mass is 9.97. The van der Waals surface area contributed by atoms with Gasteiger partial charge in [-0.3, -0.25) is 4.79 Å². The normalized spacial score (nSPS) is 15.8. The van der Waals surface area contributed by atoms with Gasteiger partial charge >= 0.3 is 6.09 Å². The molecule has 0 saturated heterocycles. The summed E-state index contributed by atoms with van der Waals surface area (Å²) in [4.78, 5) is 27.9. The van der Waals surface area contributed by atoms with Crippen LogP contribution in [0.5, 0.6) is 0 Å². The van der Waals surface area contributed by atoms with Crippen LogP contribution in [0.25, 0.3) is 10.4 Å². The molecule has 1 aromatic heterocycles. The number of ether oxygens (including phenoxy) is 1. The van der Waals surface area contributed by atoms with Crippen LogP contribution in [0.4, 0.5) is 9.93 Å². The number of nitrogens with zero attached hydrogens (tertiary/aromatic N) is 1. The van der Waals surface area contributed by atoms with E-state index in [0.717, 1.165) is 28.8 Å². The highest BCUT2D eigenvalue weighted by Crippen LogP contribution is 2.32. The highest BCUT2D eigenvalue weighted by atomic mass is 32.1. The third-order valence-electron chi connectivity index (χ3n) is 4.78. The molecule has 1 atom stereocenters. The summed E-state index contributed by atoms with van der Waals surface area (Å²) in [5.41, 5.74) is 2.13. The van der Waals surface area contributed by atoms with Crippen molar-refractivity contribution in [1.82, 2.24) is 10.3 Å². The molecule has 1 aliphatic carbocycles. The Morgan fingerprint density at radius 1 is 1.29 bits per heavy atom. The van der Waals surface area contributed by atoms with Crippen LogP contribution in [0.2, 0.25) is 0 Å². The number of nitrogens with one attached hydrogen (secondary N) is 2. The Balaban J connectivity index is 1.65. The molecule has 0 unspecified atom stereocenters. The molecule has 1 aromatic carbocycles. The maximum absolute atomic E-state index is 12.0. The van der Waals surface area contributed by atoms with Crippen molar-refractivity contribution in [3.8, 4) is 10.4 Å². The van der Waals surface area contributed by atoms with Crippen molar-refractivity contribution in [2.24, 2.45) is 0 Å². The van der Waals surface area contributed by atoms with Gasteiger partial charge in [-0.2, -0.15) is 0 Å². The molecular formula is C20H25N3O4S. The number of benzene rings is 1. The number of hydrogen-bond donors (Lipinski definition) is 3. The summed E-state index contributed by atoms with van der Waals surface area (Å²) in [5.74, 6) is -0.447. The van der Waals surface area contributed by atoms with Gasteiger partial charge in [-0.25, -0.2) is 9.78 Å². The summed E-state index contributed by atoms with van der Waals surface area (Å²) in [6, 6.07) is 7.17. The van der Waals surface area contributed by atoms with E-state index in [9.17, 15) is 9.59 Å². The number of carbonyl (C=O) groups excluding carboxylic acids is 1. The van der Waals surface area contributed by atoms with E-state index >= 15 is 0 Å². The maximum Gasteiger partial charge on any atom is 0.405 e. The third kappa shape index (κ3) is 5.53. The SMILES string of the molecule is C[C@H](NC(=O)O)C(=O)Nc1ncc(-c2ccccc2COC2CCCCC2)s1. The van der Waals surface area contributed by atoms with E-state index < -0.39 is 18.0 Å². The van der Waals surface area contributed by atoms with Crippen LogP contribution in [0.15, 0.2) is 30.5 Å². The highest BCUT2D eigenvalue weighted by Gasteiger charge is 2.18. The quantitative estimate of drug-likeness (QED) is 0.641. The van der Waals surface area contributed by atoms with E-state index in [1.165, 1.54) is 37.5 Å². The van der Waals surface area contributed by atoms with Crippen molar-refractivity contribution in [1.29, 1.82) is 0 Å². The molecule has 2 amide bonds. The van der Waals surface area contributed by atoms with Gasteiger partial charge in [-0.15, -0.1) is 0 Å². The zero-order valence-electron chi connectivity index (χ0n) is 15.8. The molecule has 1 aliphatic rings. The van der Waals surface area contributed by atoms with Crippen molar-refractivity contribution in [3.63, 3.8) is 0 Å². The Bertz CT molecular complexity index is 817. The van der Waals surface area contributed by atoms with E-state index in [0.29, 0.717) is 17.8 Å². The number of carboxylic acid groups (broad SMARTS) is 1. The summed E-state index contributed by atoms with van der Waals surface area (Å²) in [6.45, 7) is 2.04. The Morgan fingerprint density at radius 3 is 2.79 bits per heavy atom. The largest absolute Gasteiger partial charge is 0.465 e. The van der Waals surface area contributed by atoms with Crippen molar-refractivity contribution in [2.75, 3.05) is 5.32 Å². The fourth-order valence-corrected chi connectivity index (χ4v) is 4.13. The Morgan fingerprint density at radius 2 is 2.04 bits per heavy atom. The standard InChI is InChI=1S/C20H25N3O4S/c1-13(22-20(25)26)18(24)23-19-21-11-17(28-19)16-10-6-5-7-14(16)12-27-15-8-3-2-4-9-15/h5-7,10-11,13,15,22H,2-4,8-9,12H2,1H3,(H,25,26)(H,21,23,24)/t13-/m0/s1. The van der Waals surface area contributed by atoms with Gasteiger partial charge in [0, 0.05) is 6.20 Å². The summed E-state index contributed by atoms with van der Waals surface area (Å²) in [5, 5.41) is 13.9. The first-order valence-corrected chi connectivity index (χ1v) is 10.3. The second kappa shape index (κ2) is 9.66. The molecule has 3 rings (SSSR count). The van der Waals surface area contributed by atoms with Crippen molar-refractivity contribution >= 4 is 28.5 Å². The third-order valence-corrected chi connectivity index (χ3v) is 5.72. The molecule has 1 heterocycles. The van der Waals surface area contributed by atoms with Gasteiger partial charge in [0.2, 0.25) is 5.91 Å². The fourth-order valence-electron chi connectivity index (χ4n) is 3.25. The first-order valence-electron chi connectivity index (χ1n) is 9.49. The lowest BCUT2D eigenvalue weighted by molar-refractivity contribution is -0.117. The number of anilines is 1. The maximum atomic E-state index is 12.0. The van der Waals surface area contributed by atoms with Gasteiger partial charge in [0.1, 0.15) is 6.04 Å². The van der Waals surface area contributed by atoms with Gasteiger partial charge in [-0.1, -0.05) is 54.9 Å². The van der Waals surface area contributed by atoms with Crippen LogP contribution >= 0.6 is 11.3 Å². The van der Waals surface area contributed by atoms with Gasteiger partial charge in [-0.05, 0) is 30.9 Å². The number of hydrogen-bond acceptors (Lipinski definition) is 5. The van der Waals surface area contributed by atoms with E-state index in [4.69, 9.17) is 9.84 Å². The van der Waals surface area contributed by atoms with Gasteiger partial charge < -0.3 is 20.5 Å². The van der Waals surface area contributed by atoms with Crippen molar-refractivity contribution in [3.05, 3.63) is 36.0 Å². The second-order valence-corrected chi connectivity index (χ2v) is 7.95. The molecule has 0 spiro atoms. The fraction of sp³-hybridized carbons (Fsp3) is 0.450. The molecular weight excluding hydrogens is 378 g/mol. The molecule has 0 bridgehead atoms. The molecule has 28 heavy (non-hydrogen) atoms. The lowest BCUT2D eigenvalue weighted by Crippen LogP contribution is -2.40. The molecule has 2 aromatic rings. The first kappa shape index (κ1) is 20.3. The first-order chi connectivity index (χ1) is 13.5. The summed E-state index contributed by atoms with van der Waals surface area (Å²) >= 11 is 1.35. The number of rotatable bonds is 7. The Hall–Kier alpha value is -2.45. The number of thiazole rings is 1. The molecule has 150 valence electrons. The van der Waals surface area contributed by atoms with Gasteiger partial charge in [0.15, 0.2) is 5.13 Å². The molecule has 0 aliphatic heterocycles. The van der Waals surface area contributed by atoms with E-state index in [1.54, 1.807) is 6.20 Å². The molecule has 3 N–H and O–H groups in total.